The molecule has 0 amide bonds. The second-order valence-corrected chi connectivity index (χ2v) is 7.93. The van der Waals surface area contributed by atoms with Gasteiger partial charge in [0.2, 0.25) is 5.95 Å². The molecule has 0 spiro atoms. The van der Waals surface area contributed by atoms with Crippen LogP contribution >= 0.6 is 0 Å². The number of aromatic nitrogens is 2. The highest BCUT2D eigenvalue weighted by molar-refractivity contribution is 5.65. The minimum Gasteiger partial charge on any atom is -0.493 e. The Hall–Kier alpha value is -3.46. The molecule has 0 bridgehead atoms. The van der Waals surface area contributed by atoms with Crippen LogP contribution in [0.15, 0.2) is 48.5 Å². The molecule has 1 aliphatic rings. The van der Waals surface area contributed by atoms with Crippen molar-refractivity contribution in [3.05, 3.63) is 59.8 Å². The number of nitrogens with one attached hydrogen (secondary N) is 1. The summed E-state index contributed by atoms with van der Waals surface area (Å²) in [6.45, 7) is 5.11. The van der Waals surface area contributed by atoms with Crippen LogP contribution in [0.25, 0.3) is 11.3 Å². The molecule has 2 aromatic carbocycles. The highest BCUT2D eigenvalue weighted by Crippen LogP contribution is 2.33. The maximum Gasteiger partial charge on any atom is 0.280 e. The van der Waals surface area contributed by atoms with E-state index in [1.165, 1.54) is 20.3 Å². The van der Waals surface area contributed by atoms with E-state index in [4.69, 9.17) is 14.2 Å². The van der Waals surface area contributed by atoms with Gasteiger partial charge < -0.3 is 24.4 Å². The van der Waals surface area contributed by atoms with Crippen LogP contribution in [0.2, 0.25) is 0 Å². The van der Waals surface area contributed by atoms with Crippen molar-refractivity contribution in [1.29, 1.82) is 0 Å². The number of hydrogen-bond donors (Lipinski definition) is 1. The van der Waals surface area contributed by atoms with E-state index >= 15 is 0 Å². The van der Waals surface area contributed by atoms with Crippen molar-refractivity contribution in [3.63, 3.8) is 0 Å². The summed E-state index contributed by atoms with van der Waals surface area (Å²) in [4.78, 5) is 10.8. The number of hydrogen-bond acceptors (Lipinski definition) is 7. The lowest BCUT2D eigenvalue weighted by Gasteiger charge is -2.29. The summed E-state index contributed by atoms with van der Waals surface area (Å²) in [5.74, 6) is 1.16. The quantitative estimate of drug-likeness (QED) is 0.491. The van der Waals surface area contributed by atoms with Crippen LogP contribution in [0, 0.1) is 0 Å². The Bertz CT molecular complexity index is 1110. The number of anilines is 2. The van der Waals surface area contributed by atoms with Gasteiger partial charge in [0.25, 0.3) is 6.43 Å². The van der Waals surface area contributed by atoms with E-state index in [0.717, 1.165) is 37.6 Å². The first-order chi connectivity index (χ1) is 16.5. The summed E-state index contributed by atoms with van der Waals surface area (Å²) in [7, 11) is 3.05. The topological polar surface area (TPSA) is 68.7 Å². The van der Waals surface area contributed by atoms with Crippen LogP contribution < -0.4 is 19.7 Å². The largest absolute Gasteiger partial charge is 0.493 e. The van der Waals surface area contributed by atoms with Crippen LogP contribution in [-0.4, -0.2) is 50.5 Å². The second kappa shape index (κ2) is 10.6. The van der Waals surface area contributed by atoms with Crippen LogP contribution in [0.5, 0.6) is 11.5 Å². The van der Waals surface area contributed by atoms with Crippen LogP contribution in [0.4, 0.5) is 20.4 Å². The van der Waals surface area contributed by atoms with Gasteiger partial charge in [-0.05, 0) is 48.9 Å². The smallest absolute Gasteiger partial charge is 0.280 e. The van der Waals surface area contributed by atoms with E-state index in [-0.39, 0.29) is 17.7 Å². The van der Waals surface area contributed by atoms with E-state index in [0.29, 0.717) is 22.8 Å². The van der Waals surface area contributed by atoms with Gasteiger partial charge >= 0.3 is 0 Å². The van der Waals surface area contributed by atoms with Gasteiger partial charge in [0, 0.05) is 24.3 Å². The molecule has 1 N–H and O–H groups in total. The number of morpholine rings is 1. The summed E-state index contributed by atoms with van der Waals surface area (Å²) in [6, 6.07) is 14.4. The van der Waals surface area contributed by atoms with Crippen molar-refractivity contribution in [3.8, 4) is 22.8 Å². The summed E-state index contributed by atoms with van der Waals surface area (Å²) < 4.78 is 43.2. The number of rotatable bonds is 8. The number of halogens is 2. The zero-order valence-corrected chi connectivity index (χ0v) is 19.4. The summed E-state index contributed by atoms with van der Waals surface area (Å²) >= 11 is 0. The third kappa shape index (κ3) is 5.36. The lowest BCUT2D eigenvalue weighted by molar-refractivity contribution is 0.122. The number of ether oxygens (including phenoxy) is 3. The van der Waals surface area contributed by atoms with Gasteiger partial charge in [-0.15, -0.1) is 0 Å². The molecule has 1 fully saturated rings. The first-order valence-electron chi connectivity index (χ1n) is 11.1. The molecule has 3 aromatic rings. The van der Waals surface area contributed by atoms with Crippen LogP contribution in [0.3, 0.4) is 0 Å². The van der Waals surface area contributed by atoms with Crippen molar-refractivity contribution in [2.24, 2.45) is 0 Å². The van der Waals surface area contributed by atoms with Crippen molar-refractivity contribution in [1.82, 2.24) is 9.97 Å². The van der Waals surface area contributed by atoms with E-state index in [1.54, 1.807) is 18.2 Å². The fraction of sp³-hybridized carbons (Fsp3) is 0.360. The first kappa shape index (κ1) is 23.7. The summed E-state index contributed by atoms with van der Waals surface area (Å²) in [6.07, 6.45) is -2.73. The Kier molecular flexibility index (Phi) is 7.42. The van der Waals surface area contributed by atoms with Crippen LogP contribution in [-0.2, 0) is 4.74 Å². The maximum atomic E-state index is 13.6. The molecule has 34 heavy (non-hydrogen) atoms. The number of methoxy groups -OCH3 is 2. The highest BCUT2D eigenvalue weighted by atomic mass is 19.3. The molecule has 0 radical (unpaired) electrons. The van der Waals surface area contributed by atoms with E-state index in [1.807, 2.05) is 19.1 Å². The zero-order valence-electron chi connectivity index (χ0n) is 19.4. The Morgan fingerprint density at radius 1 is 0.941 bits per heavy atom. The molecule has 1 atom stereocenters. The van der Waals surface area contributed by atoms with Gasteiger partial charge in [-0.2, -0.15) is 0 Å². The standard InChI is InChI=1S/C25H28F2N4O3/c1-16(17-4-7-19(8-5-17)31-10-12-34-13-11-31)28-25-29-20(15-21(30-25)24(26)27)18-6-9-22(32-2)23(14-18)33-3/h4-9,14-16,24H,10-13H2,1-3H3,(H,28,29,30). The van der Waals surface area contributed by atoms with Crippen molar-refractivity contribution < 1.29 is 23.0 Å². The fourth-order valence-electron chi connectivity index (χ4n) is 3.86. The molecule has 7 nitrogen and oxygen atoms in total. The third-order valence-corrected chi connectivity index (χ3v) is 5.76. The predicted molar refractivity (Wildman–Crippen MR) is 127 cm³/mol. The Labute approximate surface area is 197 Å². The molecule has 0 aliphatic carbocycles. The molecule has 9 heteroatoms. The maximum absolute atomic E-state index is 13.6. The molecule has 1 aromatic heterocycles. The number of nitrogens with zero attached hydrogens (tertiary/aromatic N) is 3. The fourth-order valence-corrected chi connectivity index (χ4v) is 3.86. The minimum absolute atomic E-state index is 0.132. The second-order valence-electron chi connectivity index (χ2n) is 7.93. The predicted octanol–water partition coefficient (Wildman–Crippen LogP) is 5.11. The summed E-state index contributed by atoms with van der Waals surface area (Å²) in [5.41, 5.74) is 2.76. The Balaban J connectivity index is 1.57. The Morgan fingerprint density at radius 2 is 1.65 bits per heavy atom. The molecular formula is C25H28F2N4O3. The molecule has 0 saturated carbocycles. The van der Waals surface area contributed by atoms with Gasteiger partial charge in [0.15, 0.2) is 11.5 Å². The highest BCUT2D eigenvalue weighted by Gasteiger charge is 2.17. The normalized spacial score (nSPS) is 14.7. The number of alkyl halides is 2. The molecule has 1 unspecified atom stereocenters. The lowest BCUT2D eigenvalue weighted by Crippen LogP contribution is -2.36. The molecule has 2 heterocycles. The Morgan fingerprint density at radius 3 is 2.29 bits per heavy atom. The molecule has 1 aliphatic heterocycles. The van der Waals surface area contributed by atoms with Gasteiger partial charge in [0.05, 0.1) is 39.2 Å². The SMILES string of the molecule is COc1ccc(-c2cc(C(F)F)nc(NC(C)c3ccc(N4CCOCC4)cc3)n2)cc1OC. The van der Waals surface area contributed by atoms with E-state index in [2.05, 4.69) is 32.3 Å². The van der Waals surface area contributed by atoms with Crippen molar-refractivity contribution >= 4 is 11.6 Å². The van der Waals surface area contributed by atoms with E-state index in [9.17, 15) is 8.78 Å². The van der Waals surface area contributed by atoms with Gasteiger partial charge in [-0.1, -0.05) is 12.1 Å². The zero-order chi connectivity index (χ0) is 24.1. The average Bonchev–Trinajstić information content (AvgIpc) is 2.88. The molecule has 4 rings (SSSR count). The molecular weight excluding hydrogens is 442 g/mol. The molecule has 180 valence electrons. The van der Waals surface area contributed by atoms with Gasteiger partial charge in [0.1, 0.15) is 5.69 Å². The minimum atomic E-state index is -2.73. The lowest BCUT2D eigenvalue weighted by atomic mass is 10.1. The first-order valence-corrected chi connectivity index (χ1v) is 11.1. The van der Waals surface area contributed by atoms with Crippen molar-refractivity contribution in [2.75, 3.05) is 50.7 Å². The average molecular weight is 471 g/mol. The monoisotopic (exact) mass is 470 g/mol. The summed E-state index contributed by atoms with van der Waals surface area (Å²) in [5, 5.41) is 3.17. The van der Waals surface area contributed by atoms with Crippen molar-refractivity contribution in [2.45, 2.75) is 19.4 Å². The third-order valence-electron chi connectivity index (χ3n) is 5.76. The van der Waals surface area contributed by atoms with Gasteiger partial charge in [-0.25, -0.2) is 18.7 Å². The van der Waals surface area contributed by atoms with E-state index < -0.39 is 6.43 Å². The molecule has 1 saturated heterocycles. The van der Waals surface area contributed by atoms with Gasteiger partial charge in [-0.3, -0.25) is 0 Å². The van der Waals surface area contributed by atoms with Crippen LogP contribution in [0.1, 0.15) is 30.6 Å². The number of benzene rings is 2.